The zero-order chi connectivity index (χ0) is 15.7. The fraction of sp³-hybridized carbons (Fsp3) is 0.500. The van der Waals surface area contributed by atoms with E-state index in [1.165, 1.54) is 6.07 Å². The maximum absolute atomic E-state index is 12.7. The van der Waals surface area contributed by atoms with Crippen LogP contribution >= 0.6 is 12.2 Å². The SMILES string of the molecule is CN(CC(C)(C)C)c1ccc(C(F)(F)F)cc1C(N)=S. The van der Waals surface area contributed by atoms with Gasteiger partial charge in [-0.05, 0) is 23.6 Å². The van der Waals surface area contributed by atoms with Crippen LogP contribution in [0.5, 0.6) is 0 Å². The molecule has 112 valence electrons. The first-order valence-electron chi connectivity index (χ1n) is 6.14. The Kier molecular flexibility index (Phi) is 4.69. The van der Waals surface area contributed by atoms with Crippen molar-refractivity contribution in [1.82, 2.24) is 0 Å². The number of nitrogens with zero attached hydrogens (tertiary/aromatic N) is 1. The highest BCUT2D eigenvalue weighted by molar-refractivity contribution is 7.80. The summed E-state index contributed by atoms with van der Waals surface area (Å²) in [5.41, 5.74) is 5.69. The molecule has 0 atom stereocenters. The number of hydrogen-bond donors (Lipinski definition) is 1. The molecule has 20 heavy (non-hydrogen) atoms. The molecule has 0 heterocycles. The van der Waals surface area contributed by atoms with Gasteiger partial charge in [-0.1, -0.05) is 33.0 Å². The van der Waals surface area contributed by atoms with Crippen molar-refractivity contribution in [3.63, 3.8) is 0 Å². The second-order valence-electron chi connectivity index (χ2n) is 6.01. The molecule has 0 fully saturated rings. The van der Waals surface area contributed by atoms with Gasteiger partial charge >= 0.3 is 6.18 Å². The van der Waals surface area contributed by atoms with Crippen molar-refractivity contribution in [2.24, 2.45) is 11.1 Å². The van der Waals surface area contributed by atoms with E-state index in [1.54, 1.807) is 0 Å². The van der Waals surface area contributed by atoms with Crippen molar-refractivity contribution in [1.29, 1.82) is 0 Å². The number of anilines is 1. The molecule has 0 aliphatic carbocycles. The minimum absolute atomic E-state index is 0.00490. The van der Waals surface area contributed by atoms with E-state index >= 15 is 0 Å². The Labute approximate surface area is 122 Å². The van der Waals surface area contributed by atoms with E-state index in [0.29, 0.717) is 12.2 Å². The third-order valence-electron chi connectivity index (χ3n) is 2.71. The zero-order valence-corrected chi connectivity index (χ0v) is 12.8. The van der Waals surface area contributed by atoms with E-state index in [-0.39, 0.29) is 16.0 Å². The highest BCUT2D eigenvalue weighted by Crippen LogP contribution is 2.33. The highest BCUT2D eigenvalue weighted by Gasteiger charge is 2.31. The third kappa shape index (κ3) is 4.37. The van der Waals surface area contributed by atoms with Crippen molar-refractivity contribution < 1.29 is 13.2 Å². The molecule has 0 radical (unpaired) electrons. The quantitative estimate of drug-likeness (QED) is 0.861. The molecule has 0 aliphatic heterocycles. The second kappa shape index (κ2) is 5.60. The normalized spacial score (nSPS) is 12.3. The van der Waals surface area contributed by atoms with Gasteiger partial charge in [0.1, 0.15) is 4.99 Å². The summed E-state index contributed by atoms with van der Waals surface area (Å²) in [5, 5.41) is 0. The highest BCUT2D eigenvalue weighted by atomic mass is 32.1. The predicted octanol–water partition coefficient (Wildman–Crippen LogP) is 3.82. The lowest BCUT2D eigenvalue weighted by Crippen LogP contribution is -2.31. The Morgan fingerprint density at radius 1 is 1.25 bits per heavy atom. The summed E-state index contributed by atoms with van der Waals surface area (Å²) in [7, 11) is 1.82. The first kappa shape index (κ1) is 16.8. The van der Waals surface area contributed by atoms with E-state index in [4.69, 9.17) is 18.0 Å². The Hall–Kier alpha value is -1.30. The van der Waals surface area contributed by atoms with Crippen molar-refractivity contribution in [3.8, 4) is 0 Å². The van der Waals surface area contributed by atoms with Crippen LogP contribution in [0.3, 0.4) is 0 Å². The van der Waals surface area contributed by atoms with Gasteiger partial charge < -0.3 is 10.6 Å². The first-order chi connectivity index (χ1) is 8.92. The fourth-order valence-corrected chi connectivity index (χ4v) is 2.20. The van der Waals surface area contributed by atoms with E-state index in [1.807, 2.05) is 32.7 Å². The molecule has 0 saturated heterocycles. The number of benzene rings is 1. The van der Waals surface area contributed by atoms with Gasteiger partial charge in [-0.3, -0.25) is 0 Å². The number of alkyl halides is 3. The fourth-order valence-electron chi connectivity index (χ4n) is 2.04. The smallest absolute Gasteiger partial charge is 0.389 e. The van der Waals surface area contributed by atoms with Crippen LogP contribution in [-0.4, -0.2) is 18.6 Å². The molecule has 0 bridgehead atoms. The Morgan fingerprint density at radius 3 is 2.20 bits per heavy atom. The van der Waals surface area contributed by atoms with E-state index in [9.17, 15) is 13.2 Å². The molecular formula is C14H19F3N2S. The van der Waals surface area contributed by atoms with Crippen LogP contribution in [0.4, 0.5) is 18.9 Å². The van der Waals surface area contributed by atoms with E-state index in [0.717, 1.165) is 12.1 Å². The molecule has 0 aromatic heterocycles. The number of halogens is 3. The minimum Gasteiger partial charge on any atom is -0.389 e. The third-order valence-corrected chi connectivity index (χ3v) is 2.93. The summed E-state index contributed by atoms with van der Waals surface area (Å²) in [4.78, 5) is 1.83. The standard InChI is InChI=1S/C14H19F3N2S/c1-13(2,3)8-19(4)11-6-5-9(14(15,16)17)7-10(11)12(18)20/h5-7H,8H2,1-4H3,(H2,18,20). The number of rotatable bonds is 3. The molecule has 1 rings (SSSR count). The van der Waals surface area contributed by atoms with Gasteiger partial charge in [0.2, 0.25) is 0 Å². The van der Waals surface area contributed by atoms with Gasteiger partial charge in [0, 0.05) is 24.8 Å². The molecule has 0 amide bonds. The summed E-state index contributed by atoms with van der Waals surface area (Å²) < 4.78 is 38.2. The van der Waals surface area contributed by atoms with Crippen LogP contribution in [0, 0.1) is 5.41 Å². The number of hydrogen-bond acceptors (Lipinski definition) is 2. The molecule has 1 aromatic carbocycles. The van der Waals surface area contributed by atoms with Crippen LogP contribution in [0.15, 0.2) is 18.2 Å². The number of nitrogens with two attached hydrogens (primary N) is 1. The van der Waals surface area contributed by atoms with Gasteiger partial charge in [-0.2, -0.15) is 13.2 Å². The maximum Gasteiger partial charge on any atom is 0.416 e. The van der Waals surface area contributed by atoms with Crippen molar-refractivity contribution in [2.45, 2.75) is 26.9 Å². The van der Waals surface area contributed by atoms with Gasteiger partial charge in [-0.25, -0.2) is 0 Å². The first-order valence-corrected chi connectivity index (χ1v) is 6.55. The summed E-state index contributed by atoms with van der Waals surface area (Å²) in [6.07, 6.45) is -4.40. The Balaban J connectivity index is 3.24. The zero-order valence-electron chi connectivity index (χ0n) is 12.0. The van der Waals surface area contributed by atoms with Crippen molar-refractivity contribution in [2.75, 3.05) is 18.5 Å². The summed E-state index contributed by atoms with van der Waals surface area (Å²) >= 11 is 4.88. The summed E-state index contributed by atoms with van der Waals surface area (Å²) in [6, 6.07) is 3.48. The van der Waals surface area contributed by atoms with Gasteiger partial charge in [0.15, 0.2) is 0 Å². The molecule has 0 spiro atoms. The second-order valence-corrected chi connectivity index (χ2v) is 6.45. The lowest BCUT2D eigenvalue weighted by atomic mass is 9.95. The predicted molar refractivity (Wildman–Crippen MR) is 80.1 cm³/mol. The minimum atomic E-state index is -4.40. The largest absolute Gasteiger partial charge is 0.416 e. The molecule has 2 nitrogen and oxygen atoms in total. The Morgan fingerprint density at radius 2 is 1.80 bits per heavy atom. The monoisotopic (exact) mass is 304 g/mol. The van der Waals surface area contributed by atoms with E-state index < -0.39 is 11.7 Å². The van der Waals surface area contributed by atoms with Gasteiger partial charge in [-0.15, -0.1) is 0 Å². The van der Waals surface area contributed by atoms with Gasteiger partial charge in [0.05, 0.1) is 5.56 Å². The molecule has 6 heteroatoms. The molecule has 1 aromatic rings. The van der Waals surface area contributed by atoms with Crippen LogP contribution in [-0.2, 0) is 6.18 Å². The summed E-state index contributed by atoms with van der Waals surface area (Å²) in [6.45, 7) is 6.82. The molecule has 0 saturated carbocycles. The van der Waals surface area contributed by atoms with Crippen LogP contribution < -0.4 is 10.6 Å². The average Bonchev–Trinajstić information content (AvgIpc) is 2.24. The number of thiocarbonyl (C=S) groups is 1. The maximum atomic E-state index is 12.7. The van der Waals surface area contributed by atoms with Crippen LogP contribution in [0.25, 0.3) is 0 Å². The average molecular weight is 304 g/mol. The molecule has 0 unspecified atom stereocenters. The Bertz CT molecular complexity index is 504. The van der Waals surface area contributed by atoms with E-state index in [2.05, 4.69) is 0 Å². The van der Waals surface area contributed by atoms with Gasteiger partial charge in [0.25, 0.3) is 0 Å². The topological polar surface area (TPSA) is 29.3 Å². The molecular weight excluding hydrogens is 285 g/mol. The molecule has 2 N–H and O–H groups in total. The molecule has 0 aliphatic rings. The summed E-state index contributed by atoms with van der Waals surface area (Å²) in [5.74, 6) is 0. The van der Waals surface area contributed by atoms with Crippen LogP contribution in [0.1, 0.15) is 31.9 Å². The van der Waals surface area contributed by atoms with Crippen LogP contribution in [0.2, 0.25) is 0 Å². The lowest BCUT2D eigenvalue weighted by molar-refractivity contribution is -0.137. The van der Waals surface area contributed by atoms with Crippen molar-refractivity contribution >= 4 is 22.9 Å². The van der Waals surface area contributed by atoms with Crippen molar-refractivity contribution in [3.05, 3.63) is 29.3 Å². The lowest BCUT2D eigenvalue weighted by Gasteiger charge is -2.30.